The van der Waals surface area contributed by atoms with Crippen LogP contribution in [0.15, 0.2) is 47.6 Å². The maximum absolute atomic E-state index is 6.06. The molecule has 0 radical (unpaired) electrons. The minimum absolute atomic E-state index is 0. The van der Waals surface area contributed by atoms with Crippen LogP contribution in [0.2, 0.25) is 5.02 Å². The number of guanidine groups is 1. The Balaban J connectivity index is 0.00000320. The van der Waals surface area contributed by atoms with Crippen molar-refractivity contribution in [3.8, 4) is 0 Å². The number of benzene rings is 1. The number of anilines is 1. The summed E-state index contributed by atoms with van der Waals surface area (Å²) in [5.41, 5.74) is 2.35. The minimum Gasteiger partial charge on any atom is -0.375 e. The van der Waals surface area contributed by atoms with E-state index in [1.807, 2.05) is 30.5 Å². The van der Waals surface area contributed by atoms with E-state index in [2.05, 4.69) is 46.5 Å². The van der Waals surface area contributed by atoms with Crippen LogP contribution in [0.3, 0.4) is 0 Å². The number of aliphatic imine (C=N–C) groups is 1. The SMILES string of the molecule is CCNC(=NCc1ccnc(N2CCOC(C)C2)c1)NCCc1cccc(Cl)c1.I. The van der Waals surface area contributed by atoms with Crippen LogP contribution < -0.4 is 15.5 Å². The zero-order chi connectivity index (χ0) is 20.5. The van der Waals surface area contributed by atoms with Crippen molar-refractivity contribution in [2.24, 2.45) is 4.99 Å². The van der Waals surface area contributed by atoms with Crippen LogP contribution in [0.1, 0.15) is 25.0 Å². The number of halogens is 2. The van der Waals surface area contributed by atoms with Crippen LogP contribution in [0.25, 0.3) is 0 Å². The molecule has 164 valence electrons. The summed E-state index contributed by atoms with van der Waals surface area (Å²) in [5.74, 6) is 1.81. The largest absolute Gasteiger partial charge is 0.375 e. The summed E-state index contributed by atoms with van der Waals surface area (Å²) in [6.45, 7) is 8.85. The highest BCUT2D eigenvalue weighted by molar-refractivity contribution is 14.0. The van der Waals surface area contributed by atoms with Crippen molar-refractivity contribution < 1.29 is 4.74 Å². The topological polar surface area (TPSA) is 61.8 Å². The fourth-order valence-corrected chi connectivity index (χ4v) is 3.50. The van der Waals surface area contributed by atoms with Crippen LogP contribution >= 0.6 is 35.6 Å². The Morgan fingerprint density at radius 3 is 2.90 bits per heavy atom. The molecule has 1 aliphatic heterocycles. The number of nitrogens with zero attached hydrogens (tertiary/aromatic N) is 3. The van der Waals surface area contributed by atoms with Gasteiger partial charge in [0.2, 0.25) is 0 Å². The van der Waals surface area contributed by atoms with E-state index in [1.165, 1.54) is 5.56 Å². The highest BCUT2D eigenvalue weighted by atomic mass is 127. The van der Waals surface area contributed by atoms with Gasteiger partial charge in [0.25, 0.3) is 0 Å². The van der Waals surface area contributed by atoms with Gasteiger partial charge in [-0.2, -0.15) is 0 Å². The molecule has 1 aliphatic rings. The lowest BCUT2D eigenvalue weighted by Gasteiger charge is -2.32. The van der Waals surface area contributed by atoms with Gasteiger partial charge in [-0.3, -0.25) is 0 Å². The second kappa shape index (κ2) is 13.0. The van der Waals surface area contributed by atoms with Crippen molar-refractivity contribution in [1.82, 2.24) is 15.6 Å². The van der Waals surface area contributed by atoms with Crippen LogP contribution in [0.4, 0.5) is 5.82 Å². The number of ether oxygens (including phenoxy) is 1. The van der Waals surface area contributed by atoms with E-state index in [0.717, 1.165) is 61.6 Å². The fraction of sp³-hybridized carbons (Fsp3) is 0.455. The van der Waals surface area contributed by atoms with E-state index in [-0.39, 0.29) is 30.1 Å². The maximum atomic E-state index is 6.06. The molecule has 1 aromatic carbocycles. The van der Waals surface area contributed by atoms with Gasteiger partial charge in [0.15, 0.2) is 5.96 Å². The van der Waals surface area contributed by atoms with E-state index in [0.29, 0.717) is 6.54 Å². The molecule has 0 aliphatic carbocycles. The Bertz CT molecular complexity index is 820. The molecule has 1 unspecified atom stereocenters. The highest BCUT2D eigenvalue weighted by Crippen LogP contribution is 2.17. The van der Waals surface area contributed by atoms with E-state index in [1.54, 1.807) is 0 Å². The van der Waals surface area contributed by atoms with Crippen molar-refractivity contribution in [2.75, 3.05) is 37.7 Å². The molecule has 30 heavy (non-hydrogen) atoms. The Kier molecular flexibility index (Phi) is 10.7. The zero-order valence-electron chi connectivity index (χ0n) is 17.6. The third kappa shape index (κ3) is 7.92. The quantitative estimate of drug-likeness (QED) is 0.315. The average Bonchev–Trinajstić information content (AvgIpc) is 2.72. The Morgan fingerprint density at radius 2 is 2.13 bits per heavy atom. The number of aromatic nitrogens is 1. The van der Waals surface area contributed by atoms with Gasteiger partial charge in [-0.05, 0) is 55.7 Å². The van der Waals surface area contributed by atoms with Crippen LogP contribution in [-0.4, -0.2) is 49.8 Å². The molecule has 0 saturated carbocycles. The lowest BCUT2D eigenvalue weighted by atomic mass is 10.1. The van der Waals surface area contributed by atoms with E-state index >= 15 is 0 Å². The summed E-state index contributed by atoms with van der Waals surface area (Å²) >= 11 is 6.06. The normalized spacial score (nSPS) is 16.7. The van der Waals surface area contributed by atoms with E-state index in [9.17, 15) is 0 Å². The second-order valence-electron chi connectivity index (χ2n) is 7.15. The van der Waals surface area contributed by atoms with Crippen LogP contribution in [0.5, 0.6) is 0 Å². The average molecular weight is 544 g/mol. The highest BCUT2D eigenvalue weighted by Gasteiger charge is 2.17. The molecule has 0 bridgehead atoms. The molecule has 0 spiro atoms. The summed E-state index contributed by atoms with van der Waals surface area (Å²) in [4.78, 5) is 11.5. The predicted octanol–water partition coefficient (Wildman–Crippen LogP) is 3.88. The monoisotopic (exact) mass is 543 g/mol. The first-order chi connectivity index (χ1) is 14.1. The fourth-order valence-electron chi connectivity index (χ4n) is 3.29. The second-order valence-corrected chi connectivity index (χ2v) is 7.59. The van der Waals surface area contributed by atoms with Crippen molar-refractivity contribution in [2.45, 2.75) is 32.9 Å². The number of hydrogen-bond acceptors (Lipinski definition) is 4. The predicted molar refractivity (Wildman–Crippen MR) is 135 cm³/mol. The Hall–Kier alpha value is -1.58. The van der Waals surface area contributed by atoms with Crippen LogP contribution in [0, 0.1) is 0 Å². The van der Waals surface area contributed by atoms with Gasteiger partial charge >= 0.3 is 0 Å². The van der Waals surface area contributed by atoms with Gasteiger partial charge in [0, 0.05) is 37.4 Å². The Morgan fingerprint density at radius 1 is 1.27 bits per heavy atom. The molecule has 6 nitrogen and oxygen atoms in total. The molecular weight excluding hydrogens is 513 g/mol. The lowest BCUT2D eigenvalue weighted by molar-refractivity contribution is 0.0529. The number of rotatable bonds is 7. The third-order valence-corrected chi connectivity index (χ3v) is 4.97. The first-order valence-corrected chi connectivity index (χ1v) is 10.6. The Labute approximate surface area is 201 Å². The minimum atomic E-state index is 0. The van der Waals surface area contributed by atoms with Crippen molar-refractivity contribution in [1.29, 1.82) is 0 Å². The molecular formula is C22H31ClIN5O. The standard InChI is InChI=1S/C22H30ClN5O.HI/c1-3-24-22(26-10-7-18-5-4-6-20(23)13-18)27-15-19-8-9-25-21(14-19)28-11-12-29-17(2)16-28;/h4-6,8-9,13-14,17H,3,7,10-12,15-16H2,1-2H3,(H2,24,26,27);1H. The molecule has 2 heterocycles. The molecule has 2 aromatic rings. The first kappa shape index (κ1) is 24.7. The molecule has 1 fully saturated rings. The van der Waals surface area contributed by atoms with Gasteiger partial charge < -0.3 is 20.3 Å². The molecule has 3 rings (SSSR count). The summed E-state index contributed by atoms with van der Waals surface area (Å²) in [7, 11) is 0. The number of pyridine rings is 1. The van der Waals surface area contributed by atoms with Gasteiger partial charge in [0.05, 0.1) is 19.3 Å². The van der Waals surface area contributed by atoms with Crippen LogP contribution in [-0.2, 0) is 17.7 Å². The summed E-state index contributed by atoms with van der Waals surface area (Å²) in [6.07, 6.45) is 2.98. The molecule has 2 N–H and O–H groups in total. The van der Waals surface area contributed by atoms with Gasteiger partial charge in [-0.15, -0.1) is 24.0 Å². The number of morpholine rings is 1. The van der Waals surface area contributed by atoms with Crippen molar-refractivity contribution >= 4 is 47.4 Å². The maximum Gasteiger partial charge on any atom is 0.191 e. The summed E-state index contributed by atoms with van der Waals surface area (Å²) in [6, 6.07) is 12.1. The van der Waals surface area contributed by atoms with Gasteiger partial charge in [0.1, 0.15) is 5.82 Å². The molecule has 1 aromatic heterocycles. The van der Waals surface area contributed by atoms with Crippen molar-refractivity contribution in [3.63, 3.8) is 0 Å². The first-order valence-electron chi connectivity index (χ1n) is 10.2. The lowest BCUT2D eigenvalue weighted by Crippen LogP contribution is -2.41. The smallest absolute Gasteiger partial charge is 0.191 e. The van der Waals surface area contributed by atoms with E-state index in [4.69, 9.17) is 21.3 Å². The van der Waals surface area contributed by atoms with Gasteiger partial charge in [-0.1, -0.05) is 23.7 Å². The molecule has 1 saturated heterocycles. The molecule has 8 heteroatoms. The molecule has 0 amide bonds. The zero-order valence-corrected chi connectivity index (χ0v) is 20.7. The summed E-state index contributed by atoms with van der Waals surface area (Å²) < 4.78 is 5.63. The third-order valence-electron chi connectivity index (χ3n) is 4.73. The number of hydrogen-bond donors (Lipinski definition) is 2. The molecule has 1 atom stereocenters. The van der Waals surface area contributed by atoms with Gasteiger partial charge in [-0.25, -0.2) is 9.98 Å². The number of nitrogens with one attached hydrogen (secondary N) is 2. The van der Waals surface area contributed by atoms with Crippen molar-refractivity contribution in [3.05, 3.63) is 58.7 Å². The van der Waals surface area contributed by atoms with E-state index < -0.39 is 0 Å². The summed E-state index contributed by atoms with van der Waals surface area (Å²) in [5, 5.41) is 7.47.